The molecule has 0 spiro atoms. The van der Waals surface area contributed by atoms with Crippen LogP contribution >= 0.6 is 0 Å². The zero-order valence-electron chi connectivity index (χ0n) is 10.4. The Balaban J connectivity index is 2.18. The Morgan fingerprint density at radius 1 is 1.41 bits per heavy atom. The third-order valence-corrected chi connectivity index (χ3v) is 3.79. The highest BCUT2D eigenvalue weighted by Crippen LogP contribution is 2.54. The van der Waals surface area contributed by atoms with Gasteiger partial charge in [0.15, 0.2) is 0 Å². The van der Waals surface area contributed by atoms with E-state index in [1.165, 1.54) is 6.07 Å². The minimum absolute atomic E-state index is 0.118. The highest BCUT2D eigenvalue weighted by Gasteiger charge is 2.53. The molecule has 0 bridgehead atoms. The summed E-state index contributed by atoms with van der Waals surface area (Å²) in [6, 6.07) is 3.94. The maximum Gasteiger partial charge on any atom is 0.129 e. The predicted molar refractivity (Wildman–Crippen MR) is 65.0 cm³/mol. The quantitative estimate of drug-likeness (QED) is 0.778. The fraction of sp³-hybridized carbons (Fsp3) is 0.571. The van der Waals surface area contributed by atoms with Crippen molar-refractivity contribution in [3.63, 3.8) is 0 Å². The largest absolute Gasteiger partial charge is 0.316 e. The topological polar surface area (TPSA) is 12.0 Å². The van der Waals surface area contributed by atoms with Crippen molar-refractivity contribution in [3.8, 4) is 0 Å². The van der Waals surface area contributed by atoms with E-state index >= 15 is 0 Å². The van der Waals surface area contributed by atoms with Crippen LogP contribution in [-0.4, -0.2) is 13.1 Å². The molecule has 17 heavy (non-hydrogen) atoms. The van der Waals surface area contributed by atoms with Gasteiger partial charge in [0, 0.05) is 18.0 Å². The molecular weight excluding hydrogens is 220 g/mol. The first-order chi connectivity index (χ1) is 8.10. The summed E-state index contributed by atoms with van der Waals surface area (Å²) in [6.07, 6.45) is 2.04. The zero-order valence-corrected chi connectivity index (χ0v) is 10.4. The van der Waals surface area contributed by atoms with Crippen LogP contribution in [-0.2, 0) is 5.41 Å². The molecule has 2 rings (SSSR count). The molecule has 0 radical (unpaired) electrons. The van der Waals surface area contributed by atoms with Crippen LogP contribution in [0.15, 0.2) is 18.2 Å². The number of hydrogen-bond acceptors (Lipinski definition) is 1. The van der Waals surface area contributed by atoms with Gasteiger partial charge in [0.25, 0.3) is 0 Å². The molecule has 1 N–H and O–H groups in total. The highest BCUT2D eigenvalue weighted by molar-refractivity contribution is 5.35. The van der Waals surface area contributed by atoms with Crippen molar-refractivity contribution >= 4 is 0 Å². The Hall–Kier alpha value is -0.960. The zero-order chi connectivity index (χ0) is 12.5. The van der Waals surface area contributed by atoms with Crippen LogP contribution in [0.3, 0.4) is 0 Å². The van der Waals surface area contributed by atoms with Crippen molar-refractivity contribution in [2.75, 3.05) is 13.1 Å². The van der Waals surface area contributed by atoms with Crippen LogP contribution in [0, 0.1) is 17.6 Å². The SMILES string of the molecule is CCCNCC1(c2ccc(F)cc2F)CC1C. The molecule has 1 fully saturated rings. The number of benzene rings is 1. The smallest absolute Gasteiger partial charge is 0.129 e. The fourth-order valence-electron chi connectivity index (χ4n) is 2.59. The van der Waals surface area contributed by atoms with Crippen LogP contribution in [0.2, 0.25) is 0 Å². The summed E-state index contributed by atoms with van der Waals surface area (Å²) in [5.41, 5.74) is 0.544. The fourth-order valence-corrected chi connectivity index (χ4v) is 2.59. The van der Waals surface area contributed by atoms with E-state index in [-0.39, 0.29) is 5.41 Å². The molecule has 2 unspecified atom stereocenters. The first kappa shape index (κ1) is 12.5. The van der Waals surface area contributed by atoms with E-state index < -0.39 is 11.6 Å². The predicted octanol–water partition coefficient (Wildman–Crippen LogP) is 3.24. The normalized spacial score (nSPS) is 27.2. The van der Waals surface area contributed by atoms with E-state index in [1.807, 2.05) is 0 Å². The van der Waals surface area contributed by atoms with Gasteiger partial charge in [0.1, 0.15) is 11.6 Å². The molecule has 3 heteroatoms. The number of halogens is 2. The highest BCUT2D eigenvalue weighted by atomic mass is 19.1. The average molecular weight is 239 g/mol. The maximum absolute atomic E-state index is 13.8. The Bertz CT molecular complexity index is 405. The maximum atomic E-state index is 13.8. The molecule has 0 amide bonds. The summed E-state index contributed by atoms with van der Waals surface area (Å²) in [4.78, 5) is 0. The molecule has 1 aliphatic carbocycles. The Labute approximate surface area is 101 Å². The molecule has 1 nitrogen and oxygen atoms in total. The van der Waals surface area contributed by atoms with Crippen LogP contribution in [0.4, 0.5) is 8.78 Å². The molecule has 2 atom stereocenters. The van der Waals surface area contributed by atoms with Crippen molar-refractivity contribution < 1.29 is 8.78 Å². The summed E-state index contributed by atoms with van der Waals surface area (Å²) in [6.45, 7) is 5.95. The third kappa shape index (κ3) is 2.34. The van der Waals surface area contributed by atoms with E-state index in [2.05, 4.69) is 19.2 Å². The first-order valence-electron chi connectivity index (χ1n) is 6.26. The number of rotatable bonds is 5. The molecule has 0 saturated heterocycles. The standard InChI is InChI=1S/C14H19F2N/c1-3-6-17-9-14(8-10(14)2)12-5-4-11(15)7-13(12)16/h4-5,7,10,17H,3,6,8-9H2,1-2H3. The molecule has 0 aromatic heterocycles. The Kier molecular flexibility index (Phi) is 3.48. The van der Waals surface area contributed by atoms with E-state index in [1.54, 1.807) is 6.07 Å². The van der Waals surface area contributed by atoms with E-state index in [0.717, 1.165) is 32.0 Å². The van der Waals surface area contributed by atoms with Gasteiger partial charge in [-0.25, -0.2) is 8.78 Å². The van der Waals surface area contributed by atoms with Gasteiger partial charge in [-0.15, -0.1) is 0 Å². The second kappa shape index (κ2) is 4.73. The molecule has 0 heterocycles. The molecule has 1 aromatic carbocycles. The summed E-state index contributed by atoms with van der Waals surface area (Å²) in [5.74, 6) is -0.448. The van der Waals surface area contributed by atoms with Gasteiger partial charge in [-0.3, -0.25) is 0 Å². The van der Waals surface area contributed by atoms with Crippen LogP contribution in [0.25, 0.3) is 0 Å². The summed E-state index contributed by atoms with van der Waals surface area (Å²) in [7, 11) is 0. The van der Waals surface area contributed by atoms with Crippen molar-refractivity contribution in [2.45, 2.75) is 32.1 Å². The van der Waals surface area contributed by atoms with Gasteiger partial charge >= 0.3 is 0 Å². The van der Waals surface area contributed by atoms with E-state index in [4.69, 9.17) is 0 Å². The lowest BCUT2D eigenvalue weighted by atomic mass is 9.92. The minimum atomic E-state index is -0.503. The van der Waals surface area contributed by atoms with Crippen LogP contribution in [0.1, 0.15) is 32.3 Å². The van der Waals surface area contributed by atoms with Gasteiger partial charge < -0.3 is 5.32 Å². The molecule has 1 saturated carbocycles. The lowest BCUT2D eigenvalue weighted by Gasteiger charge is -2.18. The van der Waals surface area contributed by atoms with Gasteiger partial charge in [-0.1, -0.05) is 19.9 Å². The minimum Gasteiger partial charge on any atom is -0.316 e. The third-order valence-electron chi connectivity index (χ3n) is 3.79. The van der Waals surface area contributed by atoms with E-state index in [0.29, 0.717) is 11.5 Å². The van der Waals surface area contributed by atoms with Crippen molar-refractivity contribution in [3.05, 3.63) is 35.4 Å². The summed E-state index contributed by atoms with van der Waals surface area (Å²) in [5, 5.41) is 3.35. The van der Waals surface area contributed by atoms with Crippen molar-refractivity contribution in [1.82, 2.24) is 5.32 Å². The average Bonchev–Trinajstić information content (AvgIpc) is 2.90. The second-order valence-electron chi connectivity index (χ2n) is 5.06. The Morgan fingerprint density at radius 3 is 2.65 bits per heavy atom. The summed E-state index contributed by atoms with van der Waals surface area (Å²) >= 11 is 0. The number of nitrogens with one attached hydrogen (secondary N) is 1. The lowest BCUT2D eigenvalue weighted by molar-refractivity contribution is 0.500. The molecule has 94 valence electrons. The molecule has 1 aliphatic rings. The van der Waals surface area contributed by atoms with Crippen molar-refractivity contribution in [1.29, 1.82) is 0 Å². The van der Waals surface area contributed by atoms with Gasteiger partial charge in [0.05, 0.1) is 0 Å². The van der Waals surface area contributed by atoms with Crippen LogP contribution in [0.5, 0.6) is 0 Å². The van der Waals surface area contributed by atoms with Crippen LogP contribution < -0.4 is 5.32 Å². The Morgan fingerprint density at radius 2 is 2.12 bits per heavy atom. The lowest BCUT2D eigenvalue weighted by Crippen LogP contribution is -2.29. The molecular formula is C14H19F2N. The van der Waals surface area contributed by atoms with Gasteiger partial charge in [-0.05, 0) is 36.9 Å². The van der Waals surface area contributed by atoms with Gasteiger partial charge in [0.2, 0.25) is 0 Å². The molecule has 1 aromatic rings. The van der Waals surface area contributed by atoms with Crippen molar-refractivity contribution in [2.24, 2.45) is 5.92 Å². The monoisotopic (exact) mass is 239 g/mol. The first-order valence-corrected chi connectivity index (χ1v) is 6.26. The summed E-state index contributed by atoms with van der Waals surface area (Å²) < 4.78 is 26.7. The van der Waals surface area contributed by atoms with Gasteiger partial charge in [-0.2, -0.15) is 0 Å². The molecule has 0 aliphatic heterocycles. The number of hydrogen-bond donors (Lipinski definition) is 1. The second-order valence-corrected chi connectivity index (χ2v) is 5.06. The van der Waals surface area contributed by atoms with E-state index in [9.17, 15) is 8.78 Å².